The van der Waals surface area contributed by atoms with Gasteiger partial charge in [-0.25, -0.2) is 18.6 Å². The lowest BCUT2D eigenvalue weighted by molar-refractivity contribution is -0.123. The zero-order valence-electron chi connectivity index (χ0n) is 25.4. The number of hydrogen-bond donors (Lipinski definition) is 3. The van der Waals surface area contributed by atoms with Crippen LogP contribution in [0.3, 0.4) is 0 Å². The van der Waals surface area contributed by atoms with E-state index in [0.29, 0.717) is 6.07 Å². The molecule has 2 atom stereocenters. The van der Waals surface area contributed by atoms with Crippen molar-refractivity contribution in [2.24, 2.45) is 11.7 Å². The lowest BCUT2D eigenvalue weighted by Gasteiger charge is -2.19. The third-order valence-electron chi connectivity index (χ3n) is 7.25. The highest BCUT2D eigenvalue weighted by Gasteiger charge is 2.33. The van der Waals surface area contributed by atoms with Crippen LogP contribution in [0.15, 0.2) is 71.1 Å². The van der Waals surface area contributed by atoms with Crippen LogP contribution in [-0.2, 0) is 16.1 Å². The number of halogens is 4. The van der Waals surface area contributed by atoms with Crippen LogP contribution >= 0.6 is 0 Å². The summed E-state index contributed by atoms with van der Waals surface area (Å²) in [6.45, 7) is -1.55. The molecule has 1 fully saturated rings. The van der Waals surface area contributed by atoms with E-state index in [4.69, 9.17) is 19.6 Å². The summed E-state index contributed by atoms with van der Waals surface area (Å²) < 4.78 is 76.1. The predicted molar refractivity (Wildman–Crippen MR) is 161 cm³/mol. The summed E-state index contributed by atoms with van der Waals surface area (Å²) in [4.78, 5) is 42.7. The summed E-state index contributed by atoms with van der Waals surface area (Å²) in [5.41, 5.74) is 5.25. The molecule has 1 saturated carbocycles. The first kappa shape index (κ1) is 33.8. The van der Waals surface area contributed by atoms with Gasteiger partial charge < -0.3 is 35.0 Å². The molecular weight excluding hydrogens is 640 g/mol. The normalized spacial score (nSPS) is 13.8. The van der Waals surface area contributed by atoms with Gasteiger partial charge in [0.05, 0.1) is 0 Å². The smallest absolute Gasteiger partial charge is 0.405 e. The molecule has 3 aromatic carbocycles. The highest BCUT2D eigenvalue weighted by Crippen LogP contribution is 2.36. The standard InChI is InChI=1S/C33H30F4N4O7/c1-17(46-33(38)44)28-27(30(43)40-26(29(42)39-15-18-7-8-18)22-11-10-21(34)14-23(22)35)41-31(48-28)20-9-12-24(47-32(36)37)25(13-20)45-16-19-5-3-2-4-6-19/h2-6,9-14,17-18,26,32H,7-8,15-16H2,1H3,(H2,38,44)(H,39,42)(H,40,43). The lowest BCUT2D eigenvalue weighted by atomic mass is 10.0. The molecule has 1 heterocycles. The molecule has 1 aliphatic carbocycles. The van der Waals surface area contributed by atoms with Gasteiger partial charge in [-0.1, -0.05) is 36.4 Å². The molecule has 4 N–H and O–H groups in total. The lowest BCUT2D eigenvalue weighted by Crippen LogP contribution is -2.42. The summed E-state index contributed by atoms with van der Waals surface area (Å²) >= 11 is 0. The molecule has 1 aromatic heterocycles. The van der Waals surface area contributed by atoms with Gasteiger partial charge >= 0.3 is 12.7 Å². The number of amides is 3. The first-order valence-electron chi connectivity index (χ1n) is 14.7. The molecule has 0 radical (unpaired) electrons. The Kier molecular flexibility index (Phi) is 10.5. The molecule has 0 aliphatic heterocycles. The summed E-state index contributed by atoms with van der Waals surface area (Å²) in [5, 5.41) is 5.07. The van der Waals surface area contributed by atoms with Crippen LogP contribution in [0.25, 0.3) is 11.5 Å². The number of primary amides is 1. The number of ether oxygens (including phenoxy) is 3. The molecule has 2 unspecified atom stereocenters. The molecule has 11 nitrogen and oxygen atoms in total. The van der Waals surface area contributed by atoms with Crippen molar-refractivity contribution in [1.82, 2.24) is 15.6 Å². The maximum Gasteiger partial charge on any atom is 0.405 e. The van der Waals surface area contributed by atoms with Crippen LogP contribution in [0.2, 0.25) is 0 Å². The Morgan fingerprint density at radius 3 is 2.44 bits per heavy atom. The Balaban J connectivity index is 1.49. The van der Waals surface area contributed by atoms with Gasteiger partial charge in [0.1, 0.15) is 24.3 Å². The van der Waals surface area contributed by atoms with Gasteiger partial charge in [0.25, 0.3) is 5.91 Å². The van der Waals surface area contributed by atoms with Gasteiger partial charge in [0.2, 0.25) is 11.8 Å². The number of benzene rings is 3. The summed E-state index contributed by atoms with van der Waals surface area (Å²) in [6, 6.07) is 13.6. The van der Waals surface area contributed by atoms with Gasteiger partial charge in [-0.2, -0.15) is 8.78 Å². The number of alkyl halides is 2. The van der Waals surface area contributed by atoms with E-state index >= 15 is 0 Å². The van der Waals surface area contributed by atoms with Gasteiger partial charge in [0, 0.05) is 23.7 Å². The molecular formula is C33H30F4N4O7. The van der Waals surface area contributed by atoms with Crippen LogP contribution in [0.4, 0.5) is 22.4 Å². The highest BCUT2D eigenvalue weighted by atomic mass is 19.3. The van der Waals surface area contributed by atoms with Crippen molar-refractivity contribution in [1.29, 1.82) is 0 Å². The summed E-state index contributed by atoms with van der Waals surface area (Å²) in [6.07, 6.45) is -0.689. The maximum atomic E-state index is 14.9. The van der Waals surface area contributed by atoms with E-state index in [-0.39, 0.29) is 53.3 Å². The zero-order valence-corrected chi connectivity index (χ0v) is 25.4. The Morgan fingerprint density at radius 1 is 1.02 bits per heavy atom. The number of carbonyl (C=O) groups is 3. The second kappa shape index (κ2) is 14.9. The largest absolute Gasteiger partial charge is 0.485 e. The van der Waals surface area contributed by atoms with E-state index in [0.717, 1.165) is 30.5 Å². The molecule has 3 amide bonds. The molecule has 1 aliphatic rings. The van der Waals surface area contributed by atoms with Crippen molar-refractivity contribution in [2.45, 2.75) is 45.1 Å². The minimum absolute atomic E-state index is 0.0119. The average molecular weight is 671 g/mol. The summed E-state index contributed by atoms with van der Waals surface area (Å²) in [5.74, 6) is -4.48. The number of nitrogens with two attached hydrogens (primary N) is 1. The second-order valence-electron chi connectivity index (χ2n) is 10.9. The fraction of sp³-hybridized carbons (Fsp3) is 0.273. The van der Waals surface area contributed by atoms with Gasteiger partial charge in [-0.05, 0) is 55.5 Å². The number of rotatable bonds is 14. The number of carbonyl (C=O) groups excluding carboxylic acids is 3. The van der Waals surface area contributed by atoms with Crippen LogP contribution in [-0.4, -0.2) is 36.0 Å². The van der Waals surface area contributed by atoms with E-state index < -0.39 is 54.0 Å². The first-order chi connectivity index (χ1) is 23.0. The van der Waals surface area contributed by atoms with Crippen molar-refractivity contribution >= 4 is 17.9 Å². The van der Waals surface area contributed by atoms with E-state index in [1.54, 1.807) is 30.3 Å². The van der Waals surface area contributed by atoms with E-state index in [9.17, 15) is 31.9 Å². The topological polar surface area (TPSA) is 155 Å². The van der Waals surface area contributed by atoms with Crippen LogP contribution in [0.1, 0.15) is 59.3 Å². The Morgan fingerprint density at radius 2 is 1.77 bits per heavy atom. The predicted octanol–water partition coefficient (Wildman–Crippen LogP) is 5.95. The molecule has 5 rings (SSSR count). The molecule has 0 spiro atoms. The SMILES string of the molecule is CC(OC(N)=O)c1oc(-c2ccc(OC(F)F)c(OCc3ccccc3)c2)nc1C(=O)NC(C(=O)NCC1CC1)c1ccc(F)cc1F. The average Bonchev–Trinajstić information content (AvgIpc) is 3.77. The van der Waals surface area contributed by atoms with Crippen LogP contribution < -0.4 is 25.8 Å². The van der Waals surface area contributed by atoms with Crippen molar-refractivity contribution in [2.75, 3.05) is 6.54 Å². The van der Waals surface area contributed by atoms with Crippen molar-refractivity contribution in [3.8, 4) is 23.0 Å². The molecule has 48 heavy (non-hydrogen) atoms. The van der Waals surface area contributed by atoms with E-state index in [1.807, 2.05) is 0 Å². The number of nitrogens with one attached hydrogen (secondary N) is 2. The fourth-order valence-electron chi connectivity index (χ4n) is 4.69. The Bertz CT molecular complexity index is 1780. The first-order valence-corrected chi connectivity index (χ1v) is 14.7. The van der Waals surface area contributed by atoms with Gasteiger partial charge in [0.15, 0.2) is 29.1 Å². The van der Waals surface area contributed by atoms with Crippen molar-refractivity contribution < 1.29 is 50.6 Å². The Labute approximate surface area is 271 Å². The number of aromatic nitrogens is 1. The number of hydrogen-bond acceptors (Lipinski definition) is 8. The van der Waals surface area contributed by atoms with E-state index in [1.165, 1.54) is 25.1 Å². The zero-order chi connectivity index (χ0) is 34.4. The van der Waals surface area contributed by atoms with Crippen molar-refractivity contribution in [3.63, 3.8) is 0 Å². The maximum absolute atomic E-state index is 14.9. The number of nitrogens with zero attached hydrogens (tertiary/aromatic N) is 1. The minimum Gasteiger partial charge on any atom is -0.485 e. The monoisotopic (exact) mass is 670 g/mol. The van der Waals surface area contributed by atoms with Crippen LogP contribution in [0, 0.1) is 17.6 Å². The van der Waals surface area contributed by atoms with Gasteiger partial charge in [-0.3, -0.25) is 9.59 Å². The molecule has 15 heteroatoms. The van der Waals surface area contributed by atoms with E-state index in [2.05, 4.69) is 20.4 Å². The molecule has 0 bridgehead atoms. The second-order valence-corrected chi connectivity index (χ2v) is 10.9. The van der Waals surface area contributed by atoms with Crippen molar-refractivity contribution in [3.05, 3.63) is 101 Å². The minimum atomic E-state index is -3.16. The number of oxazole rings is 1. The Hall–Kier alpha value is -5.60. The molecule has 0 saturated heterocycles. The third-order valence-corrected chi connectivity index (χ3v) is 7.25. The molecule has 4 aromatic rings. The molecule has 252 valence electrons. The summed E-state index contributed by atoms with van der Waals surface area (Å²) in [7, 11) is 0. The quantitative estimate of drug-likeness (QED) is 0.139. The highest BCUT2D eigenvalue weighted by molar-refractivity contribution is 5.97. The third kappa shape index (κ3) is 8.60. The fourth-order valence-corrected chi connectivity index (χ4v) is 4.69. The van der Waals surface area contributed by atoms with Crippen LogP contribution in [0.5, 0.6) is 11.5 Å². The van der Waals surface area contributed by atoms with Gasteiger partial charge in [-0.15, -0.1) is 0 Å².